The predicted octanol–water partition coefficient (Wildman–Crippen LogP) is 2.92. The number of hydrogen-bond donors (Lipinski definition) is 1. The maximum absolute atomic E-state index is 11.3. The molecule has 1 aromatic carbocycles. The van der Waals surface area contributed by atoms with E-state index in [0.717, 1.165) is 15.0 Å². The lowest BCUT2D eigenvalue weighted by Crippen LogP contribution is -2.04. The van der Waals surface area contributed by atoms with Gasteiger partial charge in [-0.15, -0.1) is 11.3 Å². The number of phenolic OH excluding ortho intramolecular Hbond substituents is 1. The highest BCUT2D eigenvalue weighted by molar-refractivity contribution is 7.19. The van der Waals surface area contributed by atoms with Crippen LogP contribution in [-0.2, 0) is 16.0 Å². The van der Waals surface area contributed by atoms with Crippen molar-refractivity contribution in [3.63, 3.8) is 0 Å². The number of benzene rings is 1. The standard InChI is InChI=1S/C14H14O4S/c1-2-18-14(17)6-3-9-7-10-11(8-15)12(16)4-5-13(10)19-9/h4-5,7-8,16H,2-3,6H2,1H3. The van der Waals surface area contributed by atoms with Gasteiger partial charge in [0.1, 0.15) is 5.75 Å². The Balaban J connectivity index is 2.22. The molecule has 0 saturated heterocycles. The largest absolute Gasteiger partial charge is 0.507 e. The zero-order valence-electron chi connectivity index (χ0n) is 10.5. The molecule has 100 valence electrons. The summed E-state index contributed by atoms with van der Waals surface area (Å²) in [5.41, 5.74) is 0.302. The number of aryl methyl sites for hydroxylation is 1. The summed E-state index contributed by atoms with van der Waals surface area (Å²) >= 11 is 1.52. The minimum absolute atomic E-state index is 0.0164. The lowest BCUT2D eigenvalue weighted by molar-refractivity contribution is -0.143. The molecule has 0 bridgehead atoms. The van der Waals surface area contributed by atoms with Crippen LogP contribution in [0.25, 0.3) is 10.1 Å². The second-order valence-electron chi connectivity index (χ2n) is 4.05. The normalized spacial score (nSPS) is 10.6. The highest BCUT2D eigenvalue weighted by Gasteiger charge is 2.11. The monoisotopic (exact) mass is 278 g/mol. The van der Waals surface area contributed by atoms with Gasteiger partial charge in [0.2, 0.25) is 0 Å². The van der Waals surface area contributed by atoms with E-state index in [1.165, 1.54) is 17.4 Å². The average molecular weight is 278 g/mol. The van der Waals surface area contributed by atoms with Crippen molar-refractivity contribution >= 4 is 33.7 Å². The van der Waals surface area contributed by atoms with Crippen LogP contribution in [0.2, 0.25) is 0 Å². The molecule has 1 heterocycles. The van der Waals surface area contributed by atoms with E-state index in [1.54, 1.807) is 13.0 Å². The highest BCUT2D eigenvalue weighted by Crippen LogP contribution is 2.32. The van der Waals surface area contributed by atoms with Gasteiger partial charge in [-0.2, -0.15) is 0 Å². The van der Waals surface area contributed by atoms with E-state index in [-0.39, 0.29) is 11.7 Å². The molecule has 0 amide bonds. The van der Waals surface area contributed by atoms with Crippen molar-refractivity contribution in [2.75, 3.05) is 6.61 Å². The van der Waals surface area contributed by atoms with E-state index in [4.69, 9.17) is 4.74 Å². The van der Waals surface area contributed by atoms with Crippen LogP contribution in [0.4, 0.5) is 0 Å². The molecule has 0 spiro atoms. The number of aromatic hydroxyl groups is 1. The number of thiophene rings is 1. The smallest absolute Gasteiger partial charge is 0.306 e. The maximum Gasteiger partial charge on any atom is 0.306 e. The molecule has 0 radical (unpaired) electrons. The molecule has 1 aromatic heterocycles. The van der Waals surface area contributed by atoms with Crippen molar-refractivity contribution in [2.45, 2.75) is 19.8 Å². The Labute approximate surface area is 114 Å². The van der Waals surface area contributed by atoms with Crippen molar-refractivity contribution < 1.29 is 19.4 Å². The molecule has 0 saturated carbocycles. The third-order valence-electron chi connectivity index (χ3n) is 2.77. The molecule has 5 heteroatoms. The summed E-state index contributed by atoms with van der Waals surface area (Å²) in [6.07, 6.45) is 1.56. The molecule has 0 aliphatic carbocycles. The quantitative estimate of drug-likeness (QED) is 0.674. The Morgan fingerprint density at radius 1 is 1.47 bits per heavy atom. The number of hydrogen-bond acceptors (Lipinski definition) is 5. The maximum atomic E-state index is 11.3. The average Bonchev–Trinajstić information content (AvgIpc) is 2.80. The summed E-state index contributed by atoms with van der Waals surface area (Å²) in [6, 6.07) is 5.14. The van der Waals surface area contributed by atoms with Gasteiger partial charge in [0, 0.05) is 15.0 Å². The predicted molar refractivity (Wildman–Crippen MR) is 73.8 cm³/mol. The molecule has 4 nitrogen and oxygen atoms in total. The van der Waals surface area contributed by atoms with Crippen molar-refractivity contribution in [1.29, 1.82) is 0 Å². The van der Waals surface area contributed by atoms with E-state index in [0.29, 0.717) is 31.3 Å². The Hall–Kier alpha value is -1.88. The Kier molecular flexibility index (Phi) is 4.16. The van der Waals surface area contributed by atoms with Crippen LogP contribution in [0, 0.1) is 0 Å². The van der Waals surface area contributed by atoms with Crippen LogP contribution in [0.1, 0.15) is 28.6 Å². The number of carbonyl (C=O) groups excluding carboxylic acids is 2. The lowest BCUT2D eigenvalue weighted by Gasteiger charge is -1.99. The van der Waals surface area contributed by atoms with Crippen LogP contribution in [0.3, 0.4) is 0 Å². The molecule has 0 aliphatic rings. The SMILES string of the molecule is CCOC(=O)CCc1cc2c(C=O)c(O)ccc2s1. The van der Waals surface area contributed by atoms with Gasteiger partial charge in [-0.3, -0.25) is 9.59 Å². The van der Waals surface area contributed by atoms with Gasteiger partial charge in [-0.1, -0.05) is 0 Å². The highest BCUT2D eigenvalue weighted by atomic mass is 32.1. The van der Waals surface area contributed by atoms with E-state index in [9.17, 15) is 14.7 Å². The molecule has 1 N–H and O–H groups in total. The molecular weight excluding hydrogens is 264 g/mol. The zero-order chi connectivity index (χ0) is 13.8. The molecule has 0 fully saturated rings. The van der Waals surface area contributed by atoms with Gasteiger partial charge in [0.25, 0.3) is 0 Å². The Morgan fingerprint density at radius 2 is 2.26 bits per heavy atom. The zero-order valence-corrected chi connectivity index (χ0v) is 11.3. The van der Waals surface area contributed by atoms with Crippen molar-refractivity contribution in [1.82, 2.24) is 0 Å². The minimum Gasteiger partial charge on any atom is -0.507 e. The fraction of sp³-hybridized carbons (Fsp3) is 0.286. The number of ether oxygens (including phenoxy) is 1. The minimum atomic E-state index is -0.224. The van der Waals surface area contributed by atoms with Gasteiger partial charge in [0.05, 0.1) is 18.6 Å². The molecule has 2 aromatic rings. The van der Waals surface area contributed by atoms with Crippen molar-refractivity contribution in [3.8, 4) is 5.75 Å². The summed E-state index contributed by atoms with van der Waals surface area (Å²) < 4.78 is 5.80. The third-order valence-corrected chi connectivity index (χ3v) is 3.93. The van der Waals surface area contributed by atoms with Crippen molar-refractivity contribution in [3.05, 3.63) is 28.6 Å². The number of esters is 1. The van der Waals surface area contributed by atoms with Gasteiger partial charge in [-0.25, -0.2) is 0 Å². The van der Waals surface area contributed by atoms with Gasteiger partial charge in [0.15, 0.2) is 6.29 Å². The summed E-state index contributed by atoms with van der Waals surface area (Å²) in [4.78, 5) is 23.3. The van der Waals surface area contributed by atoms with Gasteiger partial charge in [-0.05, 0) is 31.5 Å². The first-order chi connectivity index (χ1) is 9.15. The molecule has 0 aliphatic heterocycles. The van der Waals surface area contributed by atoms with Gasteiger partial charge >= 0.3 is 5.97 Å². The molecular formula is C14H14O4S. The molecule has 2 rings (SSSR count). The third kappa shape index (κ3) is 2.93. The van der Waals surface area contributed by atoms with Crippen molar-refractivity contribution in [2.24, 2.45) is 0 Å². The van der Waals surface area contributed by atoms with E-state index >= 15 is 0 Å². The van der Waals surface area contributed by atoms with Crippen LogP contribution < -0.4 is 0 Å². The number of rotatable bonds is 5. The second-order valence-corrected chi connectivity index (χ2v) is 5.21. The Morgan fingerprint density at radius 3 is 2.95 bits per heavy atom. The van der Waals surface area contributed by atoms with Crippen LogP contribution in [0.15, 0.2) is 18.2 Å². The lowest BCUT2D eigenvalue weighted by atomic mass is 10.1. The first-order valence-electron chi connectivity index (χ1n) is 6.01. The van der Waals surface area contributed by atoms with E-state index < -0.39 is 0 Å². The molecule has 0 atom stereocenters. The number of phenols is 1. The van der Waals surface area contributed by atoms with Crippen LogP contribution in [0.5, 0.6) is 5.75 Å². The van der Waals surface area contributed by atoms with Gasteiger partial charge < -0.3 is 9.84 Å². The van der Waals surface area contributed by atoms with Crippen LogP contribution >= 0.6 is 11.3 Å². The number of aldehydes is 1. The van der Waals surface area contributed by atoms with E-state index in [1.807, 2.05) is 6.07 Å². The Bertz CT molecular complexity index is 615. The fourth-order valence-electron chi connectivity index (χ4n) is 1.88. The summed E-state index contributed by atoms with van der Waals surface area (Å²) in [7, 11) is 0. The topological polar surface area (TPSA) is 63.6 Å². The summed E-state index contributed by atoms with van der Waals surface area (Å²) in [5.74, 6) is -0.240. The fourth-order valence-corrected chi connectivity index (χ4v) is 2.96. The number of carbonyl (C=O) groups is 2. The van der Waals surface area contributed by atoms with Crippen LogP contribution in [-0.4, -0.2) is 24.0 Å². The second kappa shape index (κ2) is 5.84. The molecule has 0 unspecified atom stereocenters. The first kappa shape index (κ1) is 13.5. The summed E-state index contributed by atoms with van der Waals surface area (Å²) in [5, 5.41) is 10.3. The number of fused-ring (bicyclic) bond motifs is 1. The molecule has 19 heavy (non-hydrogen) atoms. The van der Waals surface area contributed by atoms with E-state index in [2.05, 4.69) is 0 Å². The summed E-state index contributed by atoms with van der Waals surface area (Å²) in [6.45, 7) is 2.16. The first-order valence-corrected chi connectivity index (χ1v) is 6.82.